The van der Waals surface area contributed by atoms with E-state index in [0.29, 0.717) is 9.90 Å². The summed E-state index contributed by atoms with van der Waals surface area (Å²) in [6, 6.07) is 10.6. The second-order valence-electron chi connectivity index (χ2n) is 4.80. The molecule has 3 rings (SSSR count). The number of carbonyl (C=O) groups excluding carboxylic acids is 3. The van der Waals surface area contributed by atoms with E-state index in [1.165, 1.54) is 22.7 Å². The zero-order valence-corrected chi connectivity index (χ0v) is 15.0. The number of benzene rings is 1. The lowest BCUT2D eigenvalue weighted by molar-refractivity contribution is -0.125. The molecule has 0 aliphatic carbocycles. The van der Waals surface area contributed by atoms with Gasteiger partial charge in [0, 0.05) is 10.1 Å². The monoisotopic (exact) mass is 394 g/mol. The predicted octanol–water partition coefficient (Wildman–Crippen LogP) is 3.23. The number of hydrogen-bond acceptors (Lipinski definition) is 6. The van der Waals surface area contributed by atoms with Crippen molar-refractivity contribution in [3.05, 3.63) is 56.6 Å². The van der Waals surface area contributed by atoms with Gasteiger partial charge in [-0.2, -0.15) is 0 Å². The zero-order chi connectivity index (χ0) is 17.8. The Bertz CT molecular complexity index is 937. The van der Waals surface area contributed by atoms with Crippen molar-refractivity contribution in [3.8, 4) is 0 Å². The Kier molecular flexibility index (Phi) is 5.32. The van der Waals surface area contributed by atoms with E-state index in [1.54, 1.807) is 23.6 Å². The third kappa shape index (κ3) is 3.98. The van der Waals surface area contributed by atoms with Gasteiger partial charge in [-0.3, -0.25) is 20.4 Å². The Morgan fingerprint density at radius 1 is 1.08 bits per heavy atom. The van der Waals surface area contributed by atoms with Crippen molar-refractivity contribution in [1.29, 1.82) is 0 Å². The number of rotatable bonds is 4. The lowest BCUT2D eigenvalue weighted by Crippen LogP contribution is -2.43. The van der Waals surface area contributed by atoms with Gasteiger partial charge in [0.05, 0.1) is 9.90 Å². The van der Waals surface area contributed by atoms with Gasteiger partial charge in [0.25, 0.3) is 11.8 Å². The van der Waals surface area contributed by atoms with Gasteiger partial charge in [0.2, 0.25) is 0 Å². The van der Waals surface area contributed by atoms with Crippen LogP contribution in [0.15, 0.2) is 41.8 Å². The highest BCUT2D eigenvalue weighted by atomic mass is 35.5. The molecule has 0 bridgehead atoms. The SMILES string of the molecule is O=C(COC(=O)c1sc2ccccc2c1Cl)NNC(=O)c1cccs1. The average molecular weight is 395 g/mol. The van der Waals surface area contributed by atoms with Crippen LogP contribution < -0.4 is 10.9 Å². The highest BCUT2D eigenvalue weighted by molar-refractivity contribution is 7.21. The van der Waals surface area contributed by atoms with Gasteiger partial charge >= 0.3 is 5.97 Å². The number of amides is 2. The summed E-state index contributed by atoms with van der Waals surface area (Å²) < 4.78 is 5.80. The highest BCUT2D eigenvalue weighted by Crippen LogP contribution is 2.35. The molecular weight excluding hydrogens is 384 g/mol. The molecule has 1 aromatic carbocycles. The van der Waals surface area contributed by atoms with Crippen molar-refractivity contribution in [1.82, 2.24) is 10.9 Å². The Labute approximate surface area is 155 Å². The normalized spacial score (nSPS) is 10.4. The lowest BCUT2D eigenvalue weighted by Gasteiger charge is -2.06. The number of hydrogen-bond donors (Lipinski definition) is 2. The quantitative estimate of drug-likeness (QED) is 0.525. The van der Waals surface area contributed by atoms with Gasteiger partial charge in [0.15, 0.2) is 6.61 Å². The van der Waals surface area contributed by atoms with Crippen LogP contribution in [0.5, 0.6) is 0 Å². The van der Waals surface area contributed by atoms with E-state index in [-0.39, 0.29) is 4.88 Å². The van der Waals surface area contributed by atoms with Gasteiger partial charge in [-0.05, 0) is 17.5 Å². The molecule has 2 heterocycles. The Morgan fingerprint density at radius 2 is 1.88 bits per heavy atom. The summed E-state index contributed by atoms with van der Waals surface area (Å²) in [6.45, 7) is -0.534. The van der Waals surface area contributed by atoms with Crippen molar-refractivity contribution in [2.75, 3.05) is 6.61 Å². The Morgan fingerprint density at radius 3 is 2.60 bits per heavy atom. The van der Waals surface area contributed by atoms with E-state index >= 15 is 0 Å². The van der Waals surface area contributed by atoms with Gasteiger partial charge in [-0.15, -0.1) is 22.7 Å². The molecule has 0 spiro atoms. The van der Waals surface area contributed by atoms with Crippen LogP contribution in [0, 0.1) is 0 Å². The number of hydrazine groups is 1. The van der Waals surface area contributed by atoms with Gasteiger partial charge in [0.1, 0.15) is 4.88 Å². The van der Waals surface area contributed by atoms with Crippen molar-refractivity contribution >= 4 is 62.1 Å². The van der Waals surface area contributed by atoms with Crippen LogP contribution in [-0.4, -0.2) is 24.4 Å². The first kappa shape index (κ1) is 17.4. The van der Waals surface area contributed by atoms with Crippen LogP contribution in [0.1, 0.15) is 19.3 Å². The highest BCUT2D eigenvalue weighted by Gasteiger charge is 2.19. The van der Waals surface area contributed by atoms with E-state index in [9.17, 15) is 14.4 Å². The molecule has 25 heavy (non-hydrogen) atoms. The summed E-state index contributed by atoms with van der Waals surface area (Å²) in [4.78, 5) is 36.1. The lowest BCUT2D eigenvalue weighted by atomic mass is 10.2. The first-order chi connectivity index (χ1) is 12.1. The molecule has 0 fully saturated rings. The molecule has 3 aromatic rings. The maximum absolute atomic E-state index is 12.1. The Hall–Kier alpha value is -2.42. The largest absolute Gasteiger partial charge is 0.451 e. The molecule has 128 valence electrons. The third-order valence-corrected chi connectivity index (χ3v) is 5.64. The van der Waals surface area contributed by atoms with Crippen LogP contribution in [0.25, 0.3) is 10.1 Å². The Balaban J connectivity index is 1.53. The molecule has 0 unspecified atom stereocenters. The van der Waals surface area contributed by atoms with Crippen molar-refractivity contribution < 1.29 is 19.1 Å². The van der Waals surface area contributed by atoms with Gasteiger partial charge in [-0.25, -0.2) is 4.79 Å². The minimum atomic E-state index is -0.689. The van der Waals surface area contributed by atoms with E-state index in [4.69, 9.17) is 16.3 Å². The van der Waals surface area contributed by atoms with Crippen molar-refractivity contribution in [3.63, 3.8) is 0 Å². The maximum Gasteiger partial charge on any atom is 0.350 e. The molecular formula is C16H11ClN2O4S2. The molecule has 6 nitrogen and oxygen atoms in total. The van der Waals surface area contributed by atoms with Crippen molar-refractivity contribution in [2.45, 2.75) is 0 Å². The fourth-order valence-electron chi connectivity index (χ4n) is 1.97. The van der Waals surface area contributed by atoms with E-state index < -0.39 is 24.4 Å². The van der Waals surface area contributed by atoms with Gasteiger partial charge in [-0.1, -0.05) is 35.9 Å². The van der Waals surface area contributed by atoms with Crippen LogP contribution in [0.4, 0.5) is 0 Å². The number of ether oxygens (including phenoxy) is 1. The second kappa shape index (κ2) is 7.64. The first-order valence-electron chi connectivity index (χ1n) is 7.03. The number of nitrogens with one attached hydrogen (secondary N) is 2. The molecule has 2 amide bonds. The number of thiophene rings is 2. The summed E-state index contributed by atoms with van der Waals surface area (Å²) in [6.07, 6.45) is 0. The van der Waals surface area contributed by atoms with E-state index in [1.807, 2.05) is 18.2 Å². The minimum absolute atomic E-state index is 0.235. The van der Waals surface area contributed by atoms with Gasteiger partial charge < -0.3 is 4.74 Å². The standard InChI is InChI=1S/C16H11ClN2O4S2/c17-13-9-4-1-2-5-10(9)25-14(13)16(22)23-8-12(20)18-19-15(21)11-6-3-7-24-11/h1-7H,8H2,(H,18,20)(H,19,21). The second-order valence-corrected chi connectivity index (χ2v) is 7.17. The average Bonchev–Trinajstić information content (AvgIpc) is 3.26. The minimum Gasteiger partial charge on any atom is -0.451 e. The van der Waals surface area contributed by atoms with Crippen molar-refractivity contribution in [2.24, 2.45) is 0 Å². The molecule has 0 aliphatic rings. The van der Waals surface area contributed by atoms with E-state index in [0.717, 1.165) is 10.1 Å². The molecule has 0 aliphatic heterocycles. The molecule has 9 heteroatoms. The van der Waals surface area contributed by atoms with Crippen LogP contribution in [0.2, 0.25) is 5.02 Å². The molecule has 0 saturated carbocycles. The smallest absolute Gasteiger partial charge is 0.350 e. The molecule has 2 N–H and O–H groups in total. The topological polar surface area (TPSA) is 84.5 Å². The first-order valence-corrected chi connectivity index (χ1v) is 9.10. The summed E-state index contributed by atoms with van der Waals surface area (Å²) >= 11 is 8.61. The summed E-state index contributed by atoms with van der Waals surface area (Å²) in [5.41, 5.74) is 4.42. The molecule has 0 saturated heterocycles. The molecule has 2 aromatic heterocycles. The predicted molar refractivity (Wildman–Crippen MR) is 97.0 cm³/mol. The molecule has 0 atom stereocenters. The maximum atomic E-state index is 12.1. The number of esters is 1. The van der Waals surface area contributed by atoms with Crippen LogP contribution in [0.3, 0.4) is 0 Å². The fraction of sp³-hybridized carbons (Fsp3) is 0.0625. The number of halogens is 1. The summed E-state index contributed by atoms with van der Waals surface area (Å²) in [5, 5.41) is 2.80. The summed E-state index contributed by atoms with van der Waals surface area (Å²) in [7, 11) is 0. The zero-order valence-electron chi connectivity index (χ0n) is 12.6. The van der Waals surface area contributed by atoms with E-state index in [2.05, 4.69) is 10.9 Å². The number of fused-ring (bicyclic) bond motifs is 1. The fourth-order valence-corrected chi connectivity index (χ4v) is 3.99. The molecule has 0 radical (unpaired) electrons. The van der Waals surface area contributed by atoms with Crippen LogP contribution in [-0.2, 0) is 9.53 Å². The third-order valence-electron chi connectivity index (χ3n) is 3.12. The van der Waals surface area contributed by atoms with Crippen LogP contribution >= 0.6 is 34.3 Å². The summed E-state index contributed by atoms with van der Waals surface area (Å²) in [5.74, 6) is -1.79. The number of carbonyl (C=O) groups is 3.